The Labute approximate surface area is 129 Å². The minimum absolute atomic E-state index is 0.0630. The second kappa shape index (κ2) is 9.52. The summed E-state index contributed by atoms with van der Waals surface area (Å²) in [4.78, 5) is 25.0. The van der Waals surface area contributed by atoms with Crippen LogP contribution in [0.5, 0.6) is 0 Å². The number of hydrogen-bond acceptors (Lipinski definition) is 6. The first-order chi connectivity index (χ1) is 9.31. The van der Waals surface area contributed by atoms with Gasteiger partial charge in [-0.05, 0) is 26.5 Å². The quantitative estimate of drug-likeness (QED) is 0.479. The van der Waals surface area contributed by atoms with Gasteiger partial charge in [0.25, 0.3) is 0 Å². The molecule has 5 nitrogen and oxygen atoms in total. The van der Waals surface area contributed by atoms with E-state index in [1.54, 1.807) is 42.7 Å². The van der Waals surface area contributed by atoms with E-state index < -0.39 is 12.0 Å². The molecule has 0 N–H and O–H groups in total. The van der Waals surface area contributed by atoms with Gasteiger partial charge in [-0.1, -0.05) is 21.6 Å². The van der Waals surface area contributed by atoms with Crippen LogP contribution in [0.4, 0.5) is 0 Å². The molecule has 0 aromatic carbocycles. The zero-order chi connectivity index (χ0) is 15.8. The molecule has 118 valence electrons. The fraction of sp³-hybridized carbons (Fsp3) is 0.846. The van der Waals surface area contributed by atoms with E-state index in [9.17, 15) is 9.59 Å². The predicted molar refractivity (Wildman–Crippen MR) is 84.9 cm³/mol. The van der Waals surface area contributed by atoms with Crippen LogP contribution in [0.3, 0.4) is 0 Å². The molecular weight excluding hydrogens is 298 g/mol. The van der Waals surface area contributed by atoms with Crippen LogP contribution in [0.15, 0.2) is 0 Å². The molecule has 0 bridgehead atoms. The van der Waals surface area contributed by atoms with Crippen LogP contribution in [-0.4, -0.2) is 61.7 Å². The van der Waals surface area contributed by atoms with Crippen molar-refractivity contribution >= 4 is 33.5 Å². The largest absolute Gasteiger partial charge is 0.467 e. The molecule has 0 aromatic rings. The fourth-order valence-corrected chi connectivity index (χ4v) is 4.09. The summed E-state index contributed by atoms with van der Waals surface area (Å²) in [5, 5.41) is 0. The van der Waals surface area contributed by atoms with Gasteiger partial charge in [0.05, 0.1) is 13.7 Å². The zero-order valence-electron chi connectivity index (χ0n) is 13.1. The summed E-state index contributed by atoms with van der Waals surface area (Å²) in [6.45, 7) is 4.32. The van der Waals surface area contributed by atoms with Crippen molar-refractivity contribution in [3.05, 3.63) is 0 Å². The molecule has 0 aliphatic rings. The lowest BCUT2D eigenvalue weighted by molar-refractivity contribution is -0.151. The molecule has 0 radical (unpaired) electrons. The van der Waals surface area contributed by atoms with Gasteiger partial charge < -0.3 is 14.4 Å². The third kappa shape index (κ3) is 6.37. The summed E-state index contributed by atoms with van der Waals surface area (Å²) in [5.74, 6) is -0.467. The van der Waals surface area contributed by atoms with E-state index in [1.807, 2.05) is 6.26 Å². The SMILES string of the molecule is COCC(C)(CCC(=O)N(C)C(C)C(=O)OC)SSC. The Morgan fingerprint density at radius 2 is 1.95 bits per heavy atom. The summed E-state index contributed by atoms with van der Waals surface area (Å²) in [6, 6.07) is -0.561. The Balaban J connectivity index is 4.48. The molecule has 0 saturated heterocycles. The van der Waals surface area contributed by atoms with Crippen molar-refractivity contribution in [1.29, 1.82) is 0 Å². The number of carbonyl (C=O) groups is 2. The highest BCUT2D eigenvalue weighted by atomic mass is 33.1. The molecule has 0 saturated carbocycles. The van der Waals surface area contributed by atoms with Crippen molar-refractivity contribution in [2.45, 2.75) is 37.5 Å². The van der Waals surface area contributed by atoms with Gasteiger partial charge in [-0.2, -0.15) is 0 Å². The number of carbonyl (C=O) groups excluding carboxylic acids is 2. The molecule has 1 amide bonds. The molecule has 0 fully saturated rings. The van der Waals surface area contributed by atoms with Crippen molar-refractivity contribution in [1.82, 2.24) is 4.90 Å². The van der Waals surface area contributed by atoms with Crippen LogP contribution in [0.25, 0.3) is 0 Å². The monoisotopic (exact) mass is 323 g/mol. The van der Waals surface area contributed by atoms with Gasteiger partial charge in [0, 0.05) is 25.3 Å². The third-order valence-electron chi connectivity index (χ3n) is 3.12. The summed E-state index contributed by atoms with van der Waals surface area (Å²) >= 11 is 0. The third-order valence-corrected chi connectivity index (χ3v) is 5.72. The van der Waals surface area contributed by atoms with E-state index in [4.69, 9.17) is 4.74 Å². The molecule has 0 rings (SSSR count). The van der Waals surface area contributed by atoms with Crippen molar-refractivity contribution < 1.29 is 19.1 Å². The normalized spacial score (nSPS) is 15.3. The summed E-state index contributed by atoms with van der Waals surface area (Å²) in [7, 11) is 7.97. The minimum atomic E-state index is -0.561. The number of methoxy groups -OCH3 is 2. The van der Waals surface area contributed by atoms with Crippen LogP contribution < -0.4 is 0 Å². The van der Waals surface area contributed by atoms with Crippen LogP contribution in [0, 0.1) is 0 Å². The van der Waals surface area contributed by atoms with Gasteiger partial charge in [-0.15, -0.1) is 0 Å². The van der Waals surface area contributed by atoms with Crippen LogP contribution >= 0.6 is 21.6 Å². The maximum atomic E-state index is 12.1. The summed E-state index contributed by atoms with van der Waals surface area (Å²) in [5.41, 5.74) is 0. The summed E-state index contributed by atoms with van der Waals surface area (Å²) < 4.78 is 9.76. The van der Waals surface area contributed by atoms with Gasteiger partial charge >= 0.3 is 5.97 Å². The lowest BCUT2D eigenvalue weighted by atomic mass is 10.0. The highest BCUT2D eigenvalue weighted by Gasteiger charge is 2.28. The van der Waals surface area contributed by atoms with Crippen molar-refractivity contribution in [2.75, 3.05) is 34.1 Å². The highest BCUT2D eigenvalue weighted by molar-refractivity contribution is 8.77. The molecule has 2 unspecified atom stereocenters. The number of nitrogens with zero attached hydrogens (tertiary/aromatic N) is 1. The second-order valence-electron chi connectivity index (χ2n) is 4.84. The van der Waals surface area contributed by atoms with Gasteiger partial charge in [-0.25, -0.2) is 4.79 Å². The molecule has 0 spiro atoms. The first-order valence-electron chi connectivity index (χ1n) is 6.35. The first kappa shape index (κ1) is 19.6. The second-order valence-corrected chi connectivity index (χ2v) is 7.82. The topological polar surface area (TPSA) is 55.8 Å². The van der Waals surface area contributed by atoms with Crippen molar-refractivity contribution in [2.24, 2.45) is 0 Å². The van der Waals surface area contributed by atoms with Crippen molar-refractivity contribution in [3.8, 4) is 0 Å². The van der Waals surface area contributed by atoms with E-state index in [2.05, 4.69) is 11.7 Å². The Hall–Kier alpha value is -0.400. The van der Waals surface area contributed by atoms with E-state index in [0.717, 1.165) is 0 Å². The molecule has 7 heteroatoms. The van der Waals surface area contributed by atoms with Crippen LogP contribution in [-0.2, 0) is 19.1 Å². The number of esters is 1. The van der Waals surface area contributed by atoms with Gasteiger partial charge in [-0.3, -0.25) is 4.79 Å². The van der Waals surface area contributed by atoms with Gasteiger partial charge in [0.15, 0.2) is 0 Å². The number of ether oxygens (including phenoxy) is 2. The number of rotatable bonds is 9. The zero-order valence-corrected chi connectivity index (χ0v) is 14.7. The lowest BCUT2D eigenvalue weighted by Crippen LogP contribution is -2.41. The molecule has 0 aliphatic heterocycles. The average molecular weight is 323 g/mol. The van der Waals surface area contributed by atoms with Crippen LogP contribution in [0.2, 0.25) is 0 Å². The molecule has 0 aliphatic carbocycles. The minimum Gasteiger partial charge on any atom is -0.467 e. The summed E-state index contributed by atoms with van der Waals surface area (Å²) in [6.07, 6.45) is 3.08. The average Bonchev–Trinajstić information content (AvgIpc) is 2.42. The number of amides is 1. The molecule has 20 heavy (non-hydrogen) atoms. The smallest absolute Gasteiger partial charge is 0.328 e. The number of hydrogen-bond donors (Lipinski definition) is 0. The van der Waals surface area contributed by atoms with Crippen molar-refractivity contribution in [3.63, 3.8) is 0 Å². The standard InChI is InChI=1S/C13H25NO4S2/c1-10(12(16)18-5)14(3)11(15)7-8-13(2,9-17-4)20-19-6/h10H,7-9H2,1-6H3. The fourth-order valence-electron chi connectivity index (χ4n) is 1.74. The van der Waals surface area contributed by atoms with Crippen LogP contribution in [0.1, 0.15) is 26.7 Å². The molecule has 0 aromatic heterocycles. The first-order valence-corrected chi connectivity index (χ1v) is 8.91. The van der Waals surface area contributed by atoms with Gasteiger partial charge in [0.2, 0.25) is 5.91 Å². The lowest BCUT2D eigenvalue weighted by Gasteiger charge is -2.28. The molecular formula is C13H25NO4S2. The Morgan fingerprint density at radius 3 is 2.40 bits per heavy atom. The van der Waals surface area contributed by atoms with E-state index in [0.29, 0.717) is 19.4 Å². The van der Waals surface area contributed by atoms with E-state index in [-0.39, 0.29) is 10.7 Å². The Bertz CT molecular complexity index is 319. The predicted octanol–water partition coefficient (Wildman–Crippen LogP) is 2.20. The van der Waals surface area contributed by atoms with E-state index in [1.165, 1.54) is 12.0 Å². The highest BCUT2D eigenvalue weighted by Crippen LogP contribution is 2.37. The number of likely N-dealkylation sites (N-methyl/N-ethyl adjacent to an activating group) is 1. The molecule has 0 heterocycles. The maximum Gasteiger partial charge on any atom is 0.328 e. The molecule has 2 atom stereocenters. The Kier molecular flexibility index (Phi) is 9.33. The van der Waals surface area contributed by atoms with E-state index >= 15 is 0 Å². The van der Waals surface area contributed by atoms with Gasteiger partial charge in [0.1, 0.15) is 6.04 Å². The maximum absolute atomic E-state index is 12.1. The Morgan fingerprint density at radius 1 is 1.35 bits per heavy atom.